The molecule has 6 heterocycles. The Labute approximate surface area is 511 Å². The number of nitro benzene ring substituents is 1. The van der Waals surface area contributed by atoms with Crippen LogP contribution < -0.4 is 29.7 Å². The number of rotatable bonds is 22. The third-order valence-corrected chi connectivity index (χ3v) is 19.2. The molecule has 0 saturated carbocycles. The summed E-state index contributed by atoms with van der Waals surface area (Å²) in [6.07, 6.45) is 9.42. The number of benzene rings is 4. The summed E-state index contributed by atoms with van der Waals surface area (Å²) in [7, 11) is -2.56. The normalized spacial score (nSPS) is 18.7. The van der Waals surface area contributed by atoms with Gasteiger partial charge in [-0.2, -0.15) is 0 Å². The van der Waals surface area contributed by atoms with E-state index in [1.165, 1.54) is 39.9 Å². The number of anilines is 2. The van der Waals surface area contributed by atoms with Gasteiger partial charge < -0.3 is 39.4 Å². The maximum Gasteiger partial charge on any atom is 0.293 e. The number of H-pyrrole nitrogens is 1. The number of nitrogens with one attached hydrogen (secondary N) is 4. The molecule has 11 rings (SSSR count). The van der Waals surface area contributed by atoms with Crippen LogP contribution in [0.4, 0.5) is 17.1 Å². The molecule has 1 atom stereocenters. The van der Waals surface area contributed by atoms with E-state index < -0.39 is 43.4 Å². The van der Waals surface area contributed by atoms with Gasteiger partial charge in [-0.15, -0.1) is 0 Å². The summed E-state index contributed by atoms with van der Waals surface area (Å²) in [5.74, 6) is -0.688. The Kier molecular flexibility index (Phi) is 18.3. The van der Waals surface area contributed by atoms with Crippen LogP contribution in [-0.4, -0.2) is 158 Å². The predicted molar refractivity (Wildman–Crippen MR) is 333 cm³/mol. The number of hydrogen-bond donors (Lipinski definition) is 4. The highest BCUT2D eigenvalue weighted by atomic mass is 35.5. The third-order valence-electron chi connectivity index (χ3n) is 17.6. The van der Waals surface area contributed by atoms with Gasteiger partial charge in [0.15, 0.2) is 0 Å². The van der Waals surface area contributed by atoms with E-state index in [9.17, 15) is 37.7 Å². The molecule has 0 spiro atoms. The number of fused-ring (bicyclic) bond motifs is 2. The summed E-state index contributed by atoms with van der Waals surface area (Å²) in [6, 6.07) is 25.1. The van der Waals surface area contributed by atoms with E-state index in [0.717, 1.165) is 119 Å². The standard InChI is InChI=1S/C64H74ClN11O10S/c1-64(2)22-18-45(52(37-64)43-8-10-46(65)11-9-43)40-73-29-31-74(32-30-73)47-12-14-51(58(35-47)86-48-34-44-19-23-66-60(44)68-39-48)61(78)70-87(83,84)49-13-15-54(56(36-49)76(81)82)67-38-42-20-25-72(26-21-42)28-27-71(3)24-5-33-85-57-7-4-6-50-53(57)41-75(63(50)80)55-16-17-59(77)69-62(55)79/h4,6-15,19,23,34-36,39,42,55,67H,5,16-18,20-22,24-33,37-38,40-41H2,1-3H3,(H,66,68)(H,70,78)(H,69,77,79). The molecule has 3 saturated heterocycles. The van der Waals surface area contributed by atoms with E-state index in [4.69, 9.17) is 21.1 Å². The fourth-order valence-electron chi connectivity index (χ4n) is 12.5. The second-order valence-corrected chi connectivity index (χ2v) is 26.4. The highest BCUT2D eigenvalue weighted by Gasteiger charge is 2.40. The van der Waals surface area contributed by atoms with Crippen LogP contribution in [0.3, 0.4) is 0 Å². The molecule has 4 amide bonds. The van der Waals surface area contributed by atoms with Gasteiger partial charge in [0.05, 0.1) is 34.7 Å². The minimum Gasteiger partial charge on any atom is -0.493 e. The van der Waals surface area contributed by atoms with E-state index in [1.807, 2.05) is 24.3 Å². The van der Waals surface area contributed by atoms with Gasteiger partial charge in [-0.3, -0.25) is 39.5 Å². The number of pyridine rings is 1. The summed E-state index contributed by atoms with van der Waals surface area (Å²) < 4.78 is 42.7. The first-order valence-electron chi connectivity index (χ1n) is 29.9. The fourth-order valence-corrected chi connectivity index (χ4v) is 13.6. The number of nitro groups is 1. The van der Waals surface area contributed by atoms with Crippen LogP contribution in [0.15, 0.2) is 114 Å². The Morgan fingerprint density at radius 1 is 0.908 bits per heavy atom. The van der Waals surface area contributed by atoms with E-state index in [0.29, 0.717) is 55.4 Å². The zero-order valence-corrected chi connectivity index (χ0v) is 50.9. The predicted octanol–water partition coefficient (Wildman–Crippen LogP) is 9.11. The van der Waals surface area contributed by atoms with Gasteiger partial charge >= 0.3 is 0 Å². The molecule has 4 aromatic carbocycles. The minimum atomic E-state index is -4.63. The molecule has 23 heteroatoms. The minimum absolute atomic E-state index is 0.0545. The molecule has 1 aliphatic carbocycles. The number of halogens is 1. The number of sulfonamides is 1. The number of ether oxygens (including phenoxy) is 2. The average molecular weight is 1220 g/mol. The Morgan fingerprint density at radius 2 is 1.70 bits per heavy atom. The number of aromatic nitrogens is 2. The van der Waals surface area contributed by atoms with Gasteiger partial charge in [0, 0.05) is 111 Å². The molecule has 6 aromatic rings. The summed E-state index contributed by atoms with van der Waals surface area (Å²) in [4.78, 5) is 81.4. The Balaban J connectivity index is 0.663. The van der Waals surface area contributed by atoms with Crippen molar-refractivity contribution < 1.29 is 42.0 Å². The topological polar surface area (TPSA) is 245 Å². The van der Waals surface area contributed by atoms with Crippen molar-refractivity contribution in [2.45, 2.75) is 82.7 Å². The molecular weight excluding hydrogens is 1150 g/mol. The number of allylic oxidation sites excluding steroid dienone is 1. The maximum atomic E-state index is 14.2. The highest BCUT2D eigenvalue weighted by molar-refractivity contribution is 7.90. The lowest BCUT2D eigenvalue weighted by atomic mass is 9.72. The number of likely N-dealkylation sites (tertiary alicyclic amines) is 1. The molecule has 2 aromatic heterocycles. The SMILES string of the molecule is CN(CCCOc1cccc2c1CN(C1CCC(=O)NC1=O)C2=O)CCN1CCC(CNc2ccc(S(=O)(=O)NC(=O)c3ccc(N4CCN(CC5=C(c6ccc(Cl)cc6)CC(C)(C)CC5)CC4)cc3Oc3cnc4[nH]ccc4c3)cc2[N+](=O)[O-])CC1. The lowest BCUT2D eigenvalue weighted by Gasteiger charge is -2.39. The zero-order valence-electron chi connectivity index (χ0n) is 49.3. The van der Waals surface area contributed by atoms with Crippen molar-refractivity contribution >= 4 is 78.9 Å². The number of carbonyl (C=O) groups excluding carboxylic acids is 4. The first kappa shape index (κ1) is 60.8. The van der Waals surface area contributed by atoms with Crippen LogP contribution in [0.2, 0.25) is 5.02 Å². The second-order valence-electron chi connectivity index (χ2n) is 24.3. The molecular formula is C64H74ClN11O10S. The molecule has 3 fully saturated rings. The molecule has 4 aliphatic heterocycles. The second kappa shape index (κ2) is 26.2. The Morgan fingerprint density at radius 3 is 2.47 bits per heavy atom. The van der Waals surface area contributed by atoms with Crippen molar-refractivity contribution in [1.29, 1.82) is 0 Å². The summed E-state index contributed by atoms with van der Waals surface area (Å²) in [5.41, 5.74) is 6.68. The third kappa shape index (κ3) is 14.4. The summed E-state index contributed by atoms with van der Waals surface area (Å²) >= 11 is 6.27. The van der Waals surface area contributed by atoms with Crippen LogP contribution in [0, 0.1) is 21.4 Å². The van der Waals surface area contributed by atoms with Gasteiger partial charge in [-0.25, -0.2) is 18.1 Å². The Hall–Kier alpha value is -7.89. The van der Waals surface area contributed by atoms with E-state index >= 15 is 0 Å². The lowest BCUT2D eigenvalue weighted by Crippen LogP contribution is -2.52. The van der Waals surface area contributed by atoms with Crippen LogP contribution in [0.25, 0.3) is 16.6 Å². The van der Waals surface area contributed by atoms with Gasteiger partial charge in [-0.1, -0.05) is 49.2 Å². The van der Waals surface area contributed by atoms with E-state index in [2.05, 4.69) is 78.0 Å². The van der Waals surface area contributed by atoms with Crippen molar-refractivity contribution in [3.63, 3.8) is 0 Å². The quantitative estimate of drug-likeness (QED) is 0.0214. The van der Waals surface area contributed by atoms with Crippen molar-refractivity contribution in [3.8, 4) is 17.2 Å². The number of hydrogen-bond acceptors (Lipinski definition) is 16. The zero-order chi connectivity index (χ0) is 61.0. The number of piperidine rings is 2. The number of imide groups is 1. The largest absolute Gasteiger partial charge is 0.493 e. The van der Waals surface area contributed by atoms with Gasteiger partial charge in [0.25, 0.3) is 27.5 Å². The van der Waals surface area contributed by atoms with Crippen molar-refractivity contribution in [1.82, 2.24) is 39.6 Å². The number of amides is 4. The summed E-state index contributed by atoms with van der Waals surface area (Å²) in [5, 5.41) is 19.5. The van der Waals surface area contributed by atoms with Crippen LogP contribution in [0.5, 0.6) is 17.2 Å². The molecule has 87 heavy (non-hydrogen) atoms. The number of nitrogens with zero attached hydrogens (tertiary/aromatic N) is 7. The van der Waals surface area contributed by atoms with E-state index in [-0.39, 0.29) is 53.1 Å². The van der Waals surface area contributed by atoms with Gasteiger partial charge in [0.2, 0.25) is 11.8 Å². The molecule has 21 nitrogen and oxygen atoms in total. The van der Waals surface area contributed by atoms with Crippen LogP contribution in [0.1, 0.15) is 97.1 Å². The summed E-state index contributed by atoms with van der Waals surface area (Å²) in [6.45, 7) is 13.9. The number of piperazine rings is 1. The van der Waals surface area contributed by atoms with Gasteiger partial charge in [0.1, 0.15) is 34.6 Å². The van der Waals surface area contributed by atoms with Crippen molar-refractivity contribution in [3.05, 3.63) is 146 Å². The number of aromatic amines is 1. The van der Waals surface area contributed by atoms with Crippen LogP contribution in [-0.2, 0) is 26.2 Å². The monoisotopic (exact) mass is 1220 g/mol. The smallest absolute Gasteiger partial charge is 0.293 e. The first-order valence-corrected chi connectivity index (χ1v) is 31.8. The Bertz CT molecular complexity index is 3730. The van der Waals surface area contributed by atoms with E-state index in [1.54, 1.807) is 42.6 Å². The molecule has 1 unspecified atom stereocenters. The lowest BCUT2D eigenvalue weighted by molar-refractivity contribution is -0.384. The van der Waals surface area contributed by atoms with Crippen molar-refractivity contribution in [2.24, 2.45) is 11.3 Å². The number of likely N-dealkylation sites (N-methyl/N-ethyl adjacent to an activating group) is 1. The van der Waals surface area contributed by atoms with Crippen molar-refractivity contribution in [2.75, 3.05) is 95.9 Å². The molecule has 0 radical (unpaired) electrons. The first-order chi connectivity index (χ1) is 41.8. The van der Waals surface area contributed by atoms with Gasteiger partial charge in [-0.05, 0) is 148 Å². The fraction of sp³-hybridized carbons (Fsp3) is 0.422. The molecule has 4 N–H and O–H groups in total. The number of carbonyl (C=O) groups is 4. The maximum absolute atomic E-state index is 14.2. The average Bonchev–Trinajstić information content (AvgIpc) is 2.17. The van der Waals surface area contributed by atoms with Crippen LogP contribution >= 0.6 is 11.6 Å². The molecule has 5 aliphatic rings. The molecule has 458 valence electrons. The highest BCUT2D eigenvalue weighted by Crippen LogP contribution is 2.44. The molecule has 0 bridgehead atoms.